The zero-order valence-electron chi connectivity index (χ0n) is 9.94. The molecule has 0 atom stereocenters. The summed E-state index contributed by atoms with van der Waals surface area (Å²) in [5.74, 6) is 0. The number of anilines is 1. The highest BCUT2D eigenvalue weighted by Gasteiger charge is 2.05. The first-order valence-corrected chi connectivity index (χ1v) is 6.37. The predicted octanol–water partition coefficient (Wildman–Crippen LogP) is 1.17. The van der Waals surface area contributed by atoms with Gasteiger partial charge in [0.1, 0.15) is 5.01 Å². The molecule has 2 N–H and O–H groups in total. The maximum Gasteiger partial charge on any atom is 0.205 e. The molecule has 5 nitrogen and oxygen atoms in total. The van der Waals surface area contributed by atoms with E-state index in [1.807, 2.05) is 7.05 Å². The van der Waals surface area contributed by atoms with Crippen molar-refractivity contribution in [2.45, 2.75) is 25.8 Å². The summed E-state index contributed by atoms with van der Waals surface area (Å²) in [4.78, 5) is 2.23. The highest BCUT2D eigenvalue weighted by Crippen LogP contribution is 2.15. The Morgan fingerprint density at radius 1 is 1.31 bits per heavy atom. The van der Waals surface area contributed by atoms with Crippen molar-refractivity contribution in [3.63, 3.8) is 0 Å². The highest BCUT2D eigenvalue weighted by atomic mass is 32.1. The molecule has 1 rings (SSSR count). The summed E-state index contributed by atoms with van der Waals surface area (Å²) in [5, 5.41) is 21.6. The molecular weight excluding hydrogens is 224 g/mol. The average molecular weight is 244 g/mol. The number of rotatable bonds is 8. The molecule has 1 aromatic rings. The van der Waals surface area contributed by atoms with Crippen LogP contribution in [0.1, 0.15) is 24.3 Å². The lowest BCUT2D eigenvalue weighted by molar-refractivity contribution is 0.271. The fourth-order valence-electron chi connectivity index (χ4n) is 1.40. The molecule has 0 spiro atoms. The summed E-state index contributed by atoms with van der Waals surface area (Å²) in [6.45, 7) is 2.18. The van der Waals surface area contributed by atoms with E-state index in [1.54, 1.807) is 11.3 Å². The molecule has 0 aromatic carbocycles. The molecule has 92 valence electrons. The van der Waals surface area contributed by atoms with Crippen LogP contribution < -0.4 is 5.32 Å². The molecule has 0 saturated heterocycles. The van der Waals surface area contributed by atoms with Gasteiger partial charge in [-0.05, 0) is 32.9 Å². The normalized spacial score (nSPS) is 11.0. The molecule has 0 saturated carbocycles. The molecule has 0 amide bonds. The second kappa shape index (κ2) is 7.54. The number of hydrogen-bond acceptors (Lipinski definition) is 6. The summed E-state index contributed by atoms with van der Waals surface area (Å²) in [6, 6.07) is 0. The molecule has 0 aliphatic carbocycles. The van der Waals surface area contributed by atoms with Gasteiger partial charge in [0.15, 0.2) is 0 Å². The van der Waals surface area contributed by atoms with Gasteiger partial charge >= 0.3 is 0 Å². The van der Waals surface area contributed by atoms with Crippen molar-refractivity contribution < 1.29 is 5.11 Å². The second-order valence-corrected chi connectivity index (χ2v) is 4.84. The van der Waals surface area contributed by atoms with E-state index in [4.69, 9.17) is 5.11 Å². The Kier molecular flexibility index (Phi) is 6.29. The Hall–Kier alpha value is -0.720. The number of unbranched alkanes of at least 4 members (excludes halogenated alkanes) is 2. The number of aliphatic hydroxyl groups excluding tert-OH is 1. The zero-order valence-corrected chi connectivity index (χ0v) is 10.8. The smallest absolute Gasteiger partial charge is 0.205 e. The van der Waals surface area contributed by atoms with Gasteiger partial charge in [0, 0.05) is 13.7 Å². The van der Waals surface area contributed by atoms with Gasteiger partial charge in [-0.1, -0.05) is 11.3 Å². The molecule has 1 heterocycles. The lowest BCUT2D eigenvalue weighted by atomic mass is 10.2. The van der Waals surface area contributed by atoms with E-state index in [0.717, 1.165) is 42.5 Å². The van der Waals surface area contributed by atoms with Crippen LogP contribution in [0.2, 0.25) is 0 Å². The first-order valence-electron chi connectivity index (χ1n) is 5.55. The average Bonchev–Trinajstić information content (AvgIpc) is 2.72. The molecular formula is C10H20N4OS. The van der Waals surface area contributed by atoms with E-state index in [1.165, 1.54) is 0 Å². The standard InChI is InChI=1S/C10H20N4OS/c1-11-10-13-12-9(16-10)8-14(2)6-4-3-5-7-15/h15H,3-8H2,1-2H3,(H,11,13). The number of nitrogens with one attached hydrogen (secondary N) is 1. The topological polar surface area (TPSA) is 61.3 Å². The van der Waals surface area contributed by atoms with Crippen molar-refractivity contribution in [2.24, 2.45) is 0 Å². The summed E-state index contributed by atoms with van der Waals surface area (Å²) in [6.07, 6.45) is 3.10. The Balaban J connectivity index is 2.20. The molecule has 0 fully saturated rings. The van der Waals surface area contributed by atoms with Crippen LogP contribution in [0.3, 0.4) is 0 Å². The minimum Gasteiger partial charge on any atom is -0.396 e. The van der Waals surface area contributed by atoms with Crippen LogP contribution in [0, 0.1) is 0 Å². The third-order valence-electron chi connectivity index (χ3n) is 2.28. The molecule has 0 aliphatic heterocycles. The van der Waals surface area contributed by atoms with Crippen molar-refractivity contribution in [3.05, 3.63) is 5.01 Å². The van der Waals surface area contributed by atoms with Crippen LogP contribution >= 0.6 is 11.3 Å². The van der Waals surface area contributed by atoms with Gasteiger partial charge in [-0.2, -0.15) is 0 Å². The quantitative estimate of drug-likeness (QED) is 0.672. The number of aromatic nitrogens is 2. The highest BCUT2D eigenvalue weighted by molar-refractivity contribution is 7.15. The fourth-order valence-corrected chi connectivity index (χ4v) is 2.17. The van der Waals surface area contributed by atoms with Crippen LogP contribution in [0.25, 0.3) is 0 Å². The van der Waals surface area contributed by atoms with Crippen molar-refractivity contribution in [1.82, 2.24) is 15.1 Å². The summed E-state index contributed by atoms with van der Waals surface area (Å²) < 4.78 is 0. The monoisotopic (exact) mass is 244 g/mol. The van der Waals surface area contributed by atoms with Gasteiger partial charge in [-0.3, -0.25) is 4.90 Å². The van der Waals surface area contributed by atoms with Gasteiger partial charge in [0.25, 0.3) is 0 Å². The third-order valence-corrected chi connectivity index (χ3v) is 3.21. The number of hydrogen-bond donors (Lipinski definition) is 2. The van der Waals surface area contributed by atoms with Crippen LogP contribution in [0.4, 0.5) is 5.13 Å². The maximum atomic E-state index is 8.66. The van der Waals surface area contributed by atoms with E-state index in [9.17, 15) is 0 Å². The van der Waals surface area contributed by atoms with Gasteiger partial charge in [-0.25, -0.2) is 0 Å². The number of aliphatic hydroxyl groups is 1. The van der Waals surface area contributed by atoms with Crippen LogP contribution in [0.5, 0.6) is 0 Å². The lowest BCUT2D eigenvalue weighted by Crippen LogP contribution is -2.19. The van der Waals surface area contributed by atoms with E-state index >= 15 is 0 Å². The van der Waals surface area contributed by atoms with E-state index < -0.39 is 0 Å². The Morgan fingerprint density at radius 3 is 2.75 bits per heavy atom. The SMILES string of the molecule is CNc1nnc(CN(C)CCCCCO)s1. The van der Waals surface area contributed by atoms with Crippen LogP contribution in [0.15, 0.2) is 0 Å². The predicted molar refractivity (Wildman–Crippen MR) is 66.7 cm³/mol. The summed E-state index contributed by atoms with van der Waals surface area (Å²) >= 11 is 1.59. The van der Waals surface area contributed by atoms with Crippen molar-refractivity contribution in [3.8, 4) is 0 Å². The van der Waals surface area contributed by atoms with Crippen molar-refractivity contribution >= 4 is 16.5 Å². The lowest BCUT2D eigenvalue weighted by Gasteiger charge is -2.13. The van der Waals surface area contributed by atoms with Gasteiger partial charge < -0.3 is 10.4 Å². The van der Waals surface area contributed by atoms with Crippen LogP contribution in [-0.4, -0.2) is 47.5 Å². The van der Waals surface area contributed by atoms with Crippen LogP contribution in [-0.2, 0) is 6.54 Å². The Morgan fingerprint density at radius 2 is 2.12 bits per heavy atom. The van der Waals surface area contributed by atoms with Gasteiger partial charge in [0.05, 0.1) is 6.54 Å². The minimum absolute atomic E-state index is 0.297. The Bertz CT molecular complexity index is 292. The first kappa shape index (κ1) is 13.3. The van der Waals surface area contributed by atoms with Gasteiger partial charge in [-0.15, -0.1) is 10.2 Å². The molecule has 0 unspecified atom stereocenters. The molecule has 0 radical (unpaired) electrons. The van der Waals surface area contributed by atoms with E-state index in [-0.39, 0.29) is 0 Å². The fraction of sp³-hybridized carbons (Fsp3) is 0.800. The van der Waals surface area contributed by atoms with E-state index in [0.29, 0.717) is 6.61 Å². The largest absolute Gasteiger partial charge is 0.396 e. The number of nitrogens with zero attached hydrogens (tertiary/aromatic N) is 3. The minimum atomic E-state index is 0.297. The molecule has 0 bridgehead atoms. The zero-order chi connectivity index (χ0) is 11.8. The maximum absolute atomic E-state index is 8.66. The second-order valence-electron chi connectivity index (χ2n) is 3.77. The summed E-state index contributed by atoms with van der Waals surface area (Å²) in [5.41, 5.74) is 0. The molecule has 6 heteroatoms. The van der Waals surface area contributed by atoms with Gasteiger partial charge in [0.2, 0.25) is 5.13 Å². The van der Waals surface area contributed by atoms with E-state index in [2.05, 4.69) is 27.5 Å². The van der Waals surface area contributed by atoms with Crippen molar-refractivity contribution in [1.29, 1.82) is 0 Å². The summed E-state index contributed by atoms with van der Waals surface area (Å²) in [7, 11) is 3.93. The third kappa shape index (κ3) is 4.87. The molecule has 16 heavy (non-hydrogen) atoms. The first-order chi connectivity index (χ1) is 7.76. The Labute approximate surface area is 101 Å². The molecule has 1 aromatic heterocycles. The molecule has 0 aliphatic rings. The van der Waals surface area contributed by atoms with Crippen molar-refractivity contribution in [2.75, 3.05) is 32.6 Å².